The van der Waals surface area contributed by atoms with Crippen molar-refractivity contribution in [3.05, 3.63) is 29.8 Å². The topological polar surface area (TPSA) is 56.4 Å². The molecule has 1 aromatic carbocycles. The molecule has 1 saturated heterocycles. The number of likely N-dealkylation sites (tertiary alicyclic amines) is 1. The molecule has 110 valence electrons. The van der Waals surface area contributed by atoms with Crippen LogP contribution in [0.3, 0.4) is 0 Å². The van der Waals surface area contributed by atoms with E-state index in [1.54, 1.807) is 0 Å². The van der Waals surface area contributed by atoms with Crippen LogP contribution in [0.1, 0.15) is 31.2 Å². The molecule has 2 rings (SSSR count). The van der Waals surface area contributed by atoms with E-state index in [2.05, 4.69) is 23.9 Å². The first-order valence-electron chi connectivity index (χ1n) is 7.44. The first kappa shape index (κ1) is 14.9. The van der Waals surface area contributed by atoms with E-state index in [9.17, 15) is 0 Å². The number of anilines is 1. The van der Waals surface area contributed by atoms with Crippen molar-refractivity contribution in [3.63, 3.8) is 0 Å². The number of piperidine rings is 1. The van der Waals surface area contributed by atoms with E-state index in [1.807, 2.05) is 24.3 Å². The van der Waals surface area contributed by atoms with Gasteiger partial charge in [0.05, 0.1) is 0 Å². The predicted octanol–water partition coefficient (Wildman–Crippen LogP) is 2.28. The van der Waals surface area contributed by atoms with Crippen LogP contribution in [0.5, 0.6) is 0 Å². The average molecular weight is 274 g/mol. The van der Waals surface area contributed by atoms with Gasteiger partial charge in [-0.05, 0) is 57.1 Å². The van der Waals surface area contributed by atoms with E-state index in [4.69, 9.17) is 11.1 Å². The summed E-state index contributed by atoms with van der Waals surface area (Å²) in [7, 11) is 4.37. The Labute approximate surface area is 122 Å². The maximum Gasteiger partial charge on any atom is 0.122 e. The summed E-state index contributed by atoms with van der Waals surface area (Å²) in [5, 5.41) is 7.41. The van der Waals surface area contributed by atoms with Crippen molar-refractivity contribution >= 4 is 11.5 Å². The van der Waals surface area contributed by atoms with Crippen LogP contribution in [-0.2, 0) is 0 Å². The van der Waals surface area contributed by atoms with Crippen LogP contribution in [0.15, 0.2) is 24.3 Å². The van der Waals surface area contributed by atoms with Gasteiger partial charge in [-0.3, -0.25) is 5.41 Å². The molecule has 1 heterocycles. The van der Waals surface area contributed by atoms with E-state index in [-0.39, 0.29) is 5.84 Å². The lowest BCUT2D eigenvalue weighted by Gasteiger charge is -2.34. The maximum atomic E-state index is 7.41. The second kappa shape index (κ2) is 6.75. The van der Waals surface area contributed by atoms with Crippen molar-refractivity contribution in [1.29, 1.82) is 5.41 Å². The Morgan fingerprint density at radius 2 is 2.05 bits per heavy atom. The van der Waals surface area contributed by atoms with Crippen LogP contribution in [-0.4, -0.2) is 44.0 Å². The number of nitrogen functional groups attached to an aromatic ring is 1. The summed E-state index contributed by atoms with van der Waals surface area (Å²) in [6, 6.07) is 8.65. The Balaban J connectivity index is 1.87. The molecule has 0 spiro atoms. The largest absolute Gasteiger partial charge is 0.384 e. The van der Waals surface area contributed by atoms with Gasteiger partial charge in [-0.2, -0.15) is 0 Å². The van der Waals surface area contributed by atoms with Crippen LogP contribution in [0.25, 0.3) is 0 Å². The second-order valence-electron chi connectivity index (χ2n) is 5.80. The number of amidine groups is 1. The lowest BCUT2D eigenvalue weighted by atomic mass is 10.00. The first-order valence-corrected chi connectivity index (χ1v) is 7.44. The van der Waals surface area contributed by atoms with Crippen molar-refractivity contribution in [1.82, 2.24) is 4.90 Å². The molecule has 1 aliphatic rings. The summed E-state index contributed by atoms with van der Waals surface area (Å²) in [5.74, 6) is 0.128. The van der Waals surface area contributed by atoms with Gasteiger partial charge < -0.3 is 15.5 Å². The molecule has 4 heteroatoms. The van der Waals surface area contributed by atoms with Gasteiger partial charge in [-0.1, -0.05) is 6.42 Å². The minimum atomic E-state index is 0.128. The lowest BCUT2D eigenvalue weighted by molar-refractivity contribution is 0.178. The van der Waals surface area contributed by atoms with Crippen LogP contribution in [0.2, 0.25) is 0 Å². The molecule has 20 heavy (non-hydrogen) atoms. The molecule has 1 atom stereocenters. The van der Waals surface area contributed by atoms with Crippen molar-refractivity contribution in [2.24, 2.45) is 5.73 Å². The smallest absolute Gasteiger partial charge is 0.122 e. The van der Waals surface area contributed by atoms with Crippen LogP contribution in [0.4, 0.5) is 5.69 Å². The number of rotatable bonds is 5. The average Bonchev–Trinajstić information content (AvgIpc) is 2.46. The van der Waals surface area contributed by atoms with Crippen LogP contribution in [0, 0.1) is 5.41 Å². The summed E-state index contributed by atoms with van der Waals surface area (Å²) in [4.78, 5) is 4.78. The summed E-state index contributed by atoms with van der Waals surface area (Å²) in [6.45, 7) is 2.30. The molecule has 0 aliphatic carbocycles. The monoisotopic (exact) mass is 274 g/mol. The zero-order valence-corrected chi connectivity index (χ0v) is 12.6. The van der Waals surface area contributed by atoms with E-state index < -0.39 is 0 Å². The van der Waals surface area contributed by atoms with Gasteiger partial charge in [0, 0.05) is 30.9 Å². The van der Waals surface area contributed by atoms with E-state index in [1.165, 1.54) is 37.9 Å². The highest BCUT2D eigenvalue weighted by molar-refractivity contribution is 5.95. The predicted molar refractivity (Wildman–Crippen MR) is 85.6 cm³/mol. The van der Waals surface area contributed by atoms with Crippen molar-refractivity contribution in [3.8, 4) is 0 Å². The van der Waals surface area contributed by atoms with Crippen molar-refractivity contribution in [2.75, 3.05) is 32.1 Å². The molecule has 1 fully saturated rings. The van der Waals surface area contributed by atoms with Gasteiger partial charge in [0.25, 0.3) is 0 Å². The van der Waals surface area contributed by atoms with Gasteiger partial charge >= 0.3 is 0 Å². The maximum absolute atomic E-state index is 7.41. The minimum absolute atomic E-state index is 0.128. The van der Waals surface area contributed by atoms with E-state index >= 15 is 0 Å². The summed E-state index contributed by atoms with van der Waals surface area (Å²) < 4.78 is 0. The molecule has 1 unspecified atom stereocenters. The fourth-order valence-electron chi connectivity index (χ4n) is 2.88. The third kappa shape index (κ3) is 3.73. The van der Waals surface area contributed by atoms with Crippen LogP contribution < -0.4 is 10.6 Å². The SMILES string of the molecule is CN(CCC1CCCCN1C)c1ccc(C(=N)N)cc1. The zero-order chi connectivity index (χ0) is 14.5. The number of hydrogen-bond acceptors (Lipinski definition) is 3. The Morgan fingerprint density at radius 1 is 1.35 bits per heavy atom. The molecular weight excluding hydrogens is 248 g/mol. The highest BCUT2D eigenvalue weighted by Gasteiger charge is 2.18. The quantitative estimate of drug-likeness (QED) is 0.640. The highest BCUT2D eigenvalue weighted by atomic mass is 15.1. The lowest BCUT2D eigenvalue weighted by Crippen LogP contribution is -2.38. The van der Waals surface area contributed by atoms with Crippen LogP contribution >= 0.6 is 0 Å². The molecule has 1 aromatic rings. The number of nitrogens with zero attached hydrogens (tertiary/aromatic N) is 2. The highest BCUT2D eigenvalue weighted by Crippen LogP contribution is 2.20. The fourth-order valence-corrected chi connectivity index (χ4v) is 2.88. The van der Waals surface area contributed by atoms with Gasteiger partial charge in [-0.15, -0.1) is 0 Å². The Bertz CT molecular complexity index is 440. The minimum Gasteiger partial charge on any atom is -0.384 e. The molecule has 0 amide bonds. The van der Waals surface area contributed by atoms with E-state index in [0.717, 1.165) is 18.2 Å². The summed E-state index contributed by atoms with van der Waals surface area (Å²) in [5.41, 5.74) is 7.45. The molecule has 0 saturated carbocycles. The Kier molecular flexibility index (Phi) is 5.01. The van der Waals surface area contributed by atoms with Gasteiger partial charge in [0.15, 0.2) is 0 Å². The first-order chi connectivity index (χ1) is 9.58. The Morgan fingerprint density at radius 3 is 2.65 bits per heavy atom. The van der Waals surface area contributed by atoms with Crippen molar-refractivity contribution in [2.45, 2.75) is 31.7 Å². The number of nitrogens with two attached hydrogens (primary N) is 1. The molecule has 0 bridgehead atoms. The third-order valence-electron chi connectivity index (χ3n) is 4.34. The molecule has 3 N–H and O–H groups in total. The molecule has 4 nitrogen and oxygen atoms in total. The Hall–Kier alpha value is -1.55. The summed E-state index contributed by atoms with van der Waals surface area (Å²) >= 11 is 0. The van der Waals surface area contributed by atoms with Crippen molar-refractivity contribution < 1.29 is 0 Å². The normalized spacial score (nSPS) is 19.8. The number of benzene rings is 1. The van der Waals surface area contributed by atoms with E-state index in [0.29, 0.717) is 0 Å². The molecular formula is C16H26N4. The zero-order valence-electron chi connectivity index (χ0n) is 12.6. The van der Waals surface area contributed by atoms with Gasteiger partial charge in [-0.25, -0.2) is 0 Å². The third-order valence-corrected chi connectivity index (χ3v) is 4.34. The molecule has 0 aromatic heterocycles. The number of nitrogens with one attached hydrogen (secondary N) is 1. The van der Waals surface area contributed by atoms with Gasteiger partial charge in [0.2, 0.25) is 0 Å². The summed E-state index contributed by atoms with van der Waals surface area (Å²) in [6.07, 6.45) is 5.25. The molecule has 1 aliphatic heterocycles. The fraction of sp³-hybridized carbons (Fsp3) is 0.562. The molecule has 0 radical (unpaired) electrons. The second-order valence-corrected chi connectivity index (χ2v) is 5.80. The van der Waals surface area contributed by atoms with Gasteiger partial charge in [0.1, 0.15) is 5.84 Å². The standard InChI is InChI=1S/C16H26N4/c1-19-11-4-3-5-14(19)10-12-20(2)15-8-6-13(7-9-15)16(17)18/h6-9,14H,3-5,10-12H2,1-2H3,(H3,17,18). The number of hydrogen-bond donors (Lipinski definition) is 2.